The summed E-state index contributed by atoms with van der Waals surface area (Å²) in [6.45, 7) is 30.4. The Morgan fingerprint density at radius 2 is 0.278 bits per heavy atom. The summed E-state index contributed by atoms with van der Waals surface area (Å²) < 4.78 is 0. The first kappa shape index (κ1) is 33.8. The number of hydrogen-bond donors (Lipinski definition) is 6. The highest BCUT2D eigenvalue weighted by Gasteiger charge is 2.97. The minimum Gasteiger partial charge on any atom is -0.383 e. The summed E-state index contributed by atoms with van der Waals surface area (Å²) in [5.74, 6) is 0. The zero-order chi connectivity index (χ0) is 30.0. The molecule has 6 nitrogen and oxygen atoms in total. The Bertz CT molecular complexity index is 645. The summed E-state index contributed by atoms with van der Waals surface area (Å²) in [5, 5.41) is 79.7. The topological polar surface area (TPSA) is 121 Å². The summed E-state index contributed by atoms with van der Waals surface area (Å²) >= 11 is 0. The third-order valence-electron chi connectivity index (χ3n) is 9.65. The number of aliphatic hydroxyl groups is 6. The molecule has 0 aliphatic heterocycles. The first-order valence-electron chi connectivity index (χ1n) is 13.3. The largest absolute Gasteiger partial charge is 0.383 e. The summed E-state index contributed by atoms with van der Waals surface area (Å²) in [5.41, 5.74) is -23.1. The van der Waals surface area contributed by atoms with Crippen molar-refractivity contribution >= 4 is 0 Å². The van der Waals surface area contributed by atoms with Gasteiger partial charge in [-0.2, -0.15) is 0 Å². The normalized spacial score (nSPS) is 42.0. The molecule has 0 atom stereocenters. The van der Waals surface area contributed by atoms with Gasteiger partial charge in [0.2, 0.25) is 0 Å². The lowest BCUT2D eigenvalue weighted by atomic mass is 9.26. The van der Waals surface area contributed by atoms with E-state index in [4.69, 9.17) is 0 Å². The van der Waals surface area contributed by atoms with Gasteiger partial charge in [0, 0.05) is 0 Å². The van der Waals surface area contributed by atoms with E-state index >= 15 is 0 Å². The molecular weight excluding hydrogens is 456 g/mol. The van der Waals surface area contributed by atoms with Gasteiger partial charge in [0.05, 0.1) is 0 Å². The van der Waals surface area contributed by atoms with Crippen LogP contribution >= 0.6 is 0 Å². The highest BCUT2D eigenvalue weighted by Crippen LogP contribution is 2.77. The van der Waals surface area contributed by atoms with Crippen LogP contribution in [0.1, 0.15) is 125 Å². The Morgan fingerprint density at radius 3 is 0.306 bits per heavy atom. The second kappa shape index (κ2) is 7.69. The maximum absolute atomic E-state index is 13.3. The lowest BCUT2D eigenvalue weighted by Gasteiger charge is -2.84. The molecule has 0 unspecified atom stereocenters. The zero-order valence-corrected chi connectivity index (χ0v) is 26.7. The van der Waals surface area contributed by atoms with E-state index in [-0.39, 0.29) is 0 Å². The Hall–Kier alpha value is -0.240. The van der Waals surface area contributed by atoms with Gasteiger partial charge in [-0.3, -0.25) is 0 Å². The van der Waals surface area contributed by atoms with Crippen LogP contribution in [0.15, 0.2) is 0 Å². The van der Waals surface area contributed by atoms with Crippen molar-refractivity contribution in [2.24, 2.45) is 32.5 Å². The van der Waals surface area contributed by atoms with Crippen LogP contribution in [0.5, 0.6) is 0 Å². The van der Waals surface area contributed by atoms with Gasteiger partial charge in [-0.25, -0.2) is 0 Å². The van der Waals surface area contributed by atoms with Crippen LogP contribution < -0.4 is 0 Å². The van der Waals surface area contributed by atoms with Crippen molar-refractivity contribution < 1.29 is 30.6 Å². The molecule has 1 saturated carbocycles. The molecule has 1 aliphatic carbocycles. The molecule has 36 heavy (non-hydrogen) atoms. The van der Waals surface area contributed by atoms with Crippen molar-refractivity contribution in [3.05, 3.63) is 0 Å². The molecule has 1 rings (SSSR count). The van der Waals surface area contributed by atoms with Crippen LogP contribution in [0, 0.1) is 32.5 Å². The molecule has 216 valence electrons. The minimum atomic E-state index is -2.55. The van der Waals surface area contributed by atoms with E-state index in [1.54, 1.807) is 125 Å². The van der Waals surface area contributed by atoms with Crippen molar-refractivity contribution in [1.82, 2.24) is 0 Å². The highest BCUT2D eigenvalue weighted by molar-refractivity contribution is 5.47. The van der Waals surface area contributed by atoms with Crippen LogP contribution in [0.25, 0.3) is 0 Å². The van der Waals surface area contributed by atoms with E-state index in [1.807, 2.05) is 0 Å². The second-order valence-electron chi connectivity index (χ2n) is 17.8. The van der Waals surface area contributed by atoms with Gasteiger partial charge < -0.3 is 30.6 Å². The molecule has 6 N–H and O–H groups in total. The van der Waals surface area contributed by atoms with E-state index in [0.29, 0.717) is 0 Å². The average Bonchev–Trinajstić information content (AvgIpc) is 2.56. The predicted octanol–water partition coefficient (Wildman–Crippen LogP) is 4.66. The summed E-state index contributed by atoms with van der Waals surface area (Å²) in [6.07, 6.45) is 0. The monoisotopic (exact) mass is 516 g/mol. The lowest BCUT2D eigenvalue weighted by molar-refractivity contribution is -0.520. The average molecular weight is 517 g/mol. The lowest BCUT2D eigenvalue weighted by Crippen LogP contribution is -3.04. The molecule has 0 radical (unpaired) electrons. The molecule has 0 aromatic carbocycles. The van der Waals surface area contributed by atoms with Gasteiger partial charge in [-0.1, -0.05) is 125 Å². The van der Waals surface area contributed by atoms with Crippen LogP contribution in [0.4, 0.5) is 0 Å². The standard InChI is InChI=1S/C30H60O6/c1-19(2,3)25(31)26(32,20(4,5)6)28(34,22(10,11)12)30(36,24(16,17)18)29(35,23(13,14)15)27(25,33)21(7,8)9/h31-36H,1-18H3. The van der Waals surface area contributed by atoms with Gasteiger partial charge in [0.15, 0.2) is 0 Å². The minimum absolute atomic E-state index is 1.30. The molecule has 0 spiro atoms. The summed E-state index contributed by atoms with van der Waals surface area (Å²) in [6, 6.07) is 0. The predicted molar refractivity (Wildman–Crippen MR) is 146 cm³/mol. The van der Waals surface area contributed by atoms with Gasteiger partial charge in [-0.05, 0) is 32.5 Å². The van der Waals surface area contributed by atoms with Gasteiger partial charge >= 0.3 is 0 Å². The molecule has 6 heteroatoms. The smallest absolute Gasteiger partial charge is 0.134 e. The van der Waals surface area contributed by atoms with Crippen LogP contribution in [-0.4, -0.2) is 64.2 Å². The molecule has 0 heterocycles. The van der Waals surface area contributed by atoms with Crippen molar-refractivity contribution in [3.8, 4) is 0 Å². The Kier molecular flexibility index (Phi) is 7.22. The summed E-state index contributed by atoms with van der Waals surface area (Å²) in [7, 11) is 0. The van der Waals surface area contributed by atoms with Crippen LogP contribution in [0.3, 0.4) is 0 Å². The van der Waals surface area contributed by atoms with Crippen molar-refractivity contribution in [2.75, 3.05) is 0 Å². The first-order valence-corrected chi connectivity index (χ1v) is 13.3. The third kappa shape index (κ3) is 3.12. The van der Waals surface area contributed by atoms with E-state index in [0.717, 1.165) is 0 Å². The molecular formula is C30H60O6. The Morgan fingerprint density at radius 1 is 0.222 bits per heavy atom. The van der Waals surface area contributed by atoms with E-state index in [1.165, 1.54) is 0 Å². The molecule has 1 aliphatic rings. The quantitative estimate of drug-likeness (QED) is 0.278. The zero-order valence-electron chi connectivity index (χ0n) is 26.7. The second-order valence-corrected chi connectivity index (χ2v) is 17.8. The molecule has 0 saturated heterocycles. The third-order valence-corrected chi connectivity index (χ3v) is 9.65. The van der Waals surface area contributed by atoms with E-state index in [9.17, 15) is 30.6 Å². The van der Waals surface area contributed by atoms with Crippen LogP contribution in [0.2, 0.25) is 0 Å². The number of hydrogen-bond acceptors (Lipinski definition) is 6. The van der Waals surface area contributed by atoms with E-state index in [2.05, 4.69) is 0 Å². The fraction of sp³-hybridized carbons (Fsp3) is 1.00. The number of rotatable bonds is 0. The van der Waals surface area contributed by atoms with Crippen molar-refractivity contribution in [3.63, 3.8) is 0 Å². The Balaban J connectivity index is 5.13. The summed E-state index contributed by atoms with van der Waals surface area (Å²) in [4.78, 5) is 0. The molecule has 0 aromatic rings. The van der Waals surface area contributed by atoms with Gasteiger partial charge in [0.25, 0.3) is 0 Å². The van der Waals surface area contributed by atoms with Crippen LogP contribution in [-0.2, 0) is 0 Å². The Labute approximate surface area is 221 Å². The molecule has 0 aromatic heterocycles. The van der Waals surface area contributed by atoms with Gasteiger partial charge in [-0.15, -0.1) is 0 Å². The fourth-order valence-electron chi connectivity index (χ4n) is 8.08. The SMILES string of the molecule is CC(C)(C)C1(O)C(O)(C(C)(C)C)C(O)(C(C)(C)C)C(O)(C(C)(C)C)C(O)(C(C)(C)C)C1(O)C(C)(C)C. The maximum atomic E-state index is 13.3. The van der Waals surface area contributed by atoms with Crippen molar-refractivity contribution in [1.29, 1.82) is 0 Å². The van der Waals surface area contributed by atoms with Crippen molar-refractivity contribution in [2.45, 2.75) is 158 Å². The maximum Gasteiger partial charge on any atom is 0.134 e. The molecule has 0 bridgehead atoms. The molecule has 1 fully saturated rings. The highest BCUT2D eigenvalue weighted by atomic mass is 16.5. The first-order chi connectivity index (χ1) is 15.0. The van der Waals surface area contributed by atoms with Gasteiger partial charge in [0.1, 0.15) is 33.6 Å². The molecule has 0 amide bonds. The fourth-order valence-corrected chi connectivity index (χ4v) is 8.08. The van der Waals surface area contributed by atoms with E-state index < -0.39 is 66.1 Å².